The lowest BCUT2D eigenvalue weighted by Crippen LogP contribution is -2.30. The minimum absolute atomic E-state index is 0.0802. The maximum absolute atomic E-state index is 12.9. The number of hydrogen-bond acceptors (Lipinski definition) is 6. The summed E-state index contributed by atoms with van der Waals surface area (Å²) >= 11 is 0. The van der Waals surface area contributed by atoms with Crippen LogP contribution in [0.15, 0.2) is 36.4 Å². The first kappa shape index (κ1) is 20.0. The number of nitrogens with one attached hydrogen (secondary N) is 1. The zero-order valence-corrected chi connectivity index (χ0v) is 15.4. The molecule has 2 aromatic rings. The Bertz CT molecular complexity index is 822. The third-order valence-corrected chi connectivity index (χ3v) is 3.69. The van der Waals surface area contributed by atoms with Crippen molar-refractivity contribution in [1.29, 1.82) is 0 Å². The molecule has 0 saturated carbocycles. The van der Waals surface area contributed by atoms with Crippen LogP contribution in [0.2, 0.25) is 0 Å². The lowest BCUT2D eigenvalue weighted by molar-refractivity contribution is -0.123. The second-order valence-electron chi connectivity index (χ2n) is 5.43. The van der Waals surface area contributed by atoms with E-state index in [1.165, 1.54) is 64.7 Å². The Kier molecular flexibility index (Phi) is 6.59. The Labute approximate surface area is 156 Å². The van der Waals surface area contributed by atoms with E-state index in [1.807, 2.05) is 0 Å². The molecule has 0 unspecified atom stereocenters. The van der Waals surface area contributed by atoms with Gasteiger partial charge in [0.1, 0.15) is 11.4 Å². The number of hydrogen-bond donors (Lipinski definition) is 1. The van der Waals surface area contributed by atoms with Crippen LogP contribution in [0.5, 0.6) is 17.2 Å². The average molecular weight is 377 g/mol. The number of carbonyl (C=O) groups excluding carboxylic acids is 2. The van der Waals surface area contributed by atoms with E-state index in [0.717, 1.165) is 0 Å². The average Bonchev–Trinajstić information content (AvgIpc) is 2.67. The second-order valence-corrected chi connectivity index (χ2v) is 5.43. The van der Waals surface area contributed by atoms with Crippen molar-refractivity contribution in [3.8, 4) is 17.2 Å². The molecular weight excluding hydrogens is 357 g/mol. The van der Waals surface area contributed by atoms with Gasteiger partial charge in [-0.3, -0.25) is 4.79 Å². The summed E-state index contributed by atoms with van der Waals surface area (Å²) in [6.07, 6.45) is -1.10. The van der Waals surface area contributed by atoms with E-state index in [0.29, 0.717) is 11.4 Å². The molecule has 2 aromatic carbocycles. The van der Waals surface area contributed by atoms with Crippen molar-refractivity contribution < 1.29 is 32.9 Å². The monoisotopic (exact) mass is 377 g/mol. The molecule has 0 bridgehead atoms. The van der Waals surface area contributed by atoms with Crippen LogP contribution in [0.3, 0.4) is 0 Å². The topological polar surface area (TPSA) is 83.1 Å². The number of amides is 1. The molecule has 0 aromatic heterocycles. The maximum atomic E-state index is 12.9. The molecule has 0 aliphatic carbocycles. The quantitative estimate of drug-likeness (QED) is 0.747. The van der Waals surface area contributed by atoms with Crippen LogP contribution in [0.25, 0.3) is 0 Å². The minimum Gasteiger partial charge on any atom is -0.493 e. The Hall–Kier alpha value is -3.29. The number of rotatable bonds is 7. The molecule has 27 heavy (non-hydrogen) atoms. The van der Waals surface area contributed by atoms with Crippen molar-refractivity contribution in [2.75, 3.05) is 26.6 Å². The summed E-state index contributed by atoms with van der Waals surface area (Å²) < 4.78 is 33.7. The fraction of sp³-hybridized carbons (Fsp3) is 0.263. The summed E-state index contributed by atoms with van der Waals surface area (Å²) in [6.45, 7) is 1.42. The van der Waals surface area contributed by atoms with Gasteiger partial charge in [-0.05, 0) is 43.3 Å². The van der Waals surface area contributed by atoms with Gasteiger partial charge in [-0.1, -0.05) is 0 Å². The van der Waals surface area contributed by atoms with Crippen LogP contribution in [-0.4, -0.2) is 39.3 Å². The molecule has 0 aliphatic heterocycles. The van der Waals surface area contributed by atoms with E-state index in [1.54, 1.807) is 0 Å². The second kappa shape index (κ2) is 8.88. The zero-order valence-electron chi connectivity index (χ0n) is 15.4. The Morgan fingerprint density at radius 1 is 0.926 bits per heavy atom. The molecule has 0 heterocycles. The van der Waals surface area contributed by atoms with Crippen molar-refractivity contribution in [1.82, 2.24) is 0 Å². The molecule has 8 heteroatoms. The van der Waals surface area contributed by atoms with Gasteiger partial charge in [-0.15, -0.1) is 0 Å². The predicted octanol–water partition coefficient (Wildman–Crippen LogP) is 3.04. The molecule has 1 amide bonds. The van der Waals surface area contributed by atoms with Crippen LogP contribution in [0, 0.1) is 5.82 Å². The van der Waals surface area contributed by atoms with Gasteiger partial charge in [0.15, 0.2) is 17.6 Å². The molecule has 1 atom stereocenters. The van der Waals surface area contributed by atoms with E-state index in [2.05, 4.69) is 5.32 Å². The predicted molar refractivity (Wildman–Crippen MR) is 96.0 cm³/mol. The number of halogens is 1. The summed E-state index contributed by atoms with van der Waals surface area (Å²) in [5.74, 6) is -1.00. The molecular formula is C19H20FNO6. The highest BCUT2D eigenvalue weighted by Gasteiger charge is 2.25. The molecule has 2 rings (SSSR count). The van der Waals surface area contributed by atoms with Crippen LogP contribution in [-0.2, 0) is 9.53 Å². The lowest BCUT2D eigenvalue weighted by Gasteiger charge is -2.17. The number of methoxy groups -OCH3 is 3. The van der Waals surface area contributed by atoms with Gasteiger partial charge in [0.2, 0.25) is 5.75 Å². The normalized spacial score (nSPS) is 11.3. The molecule has 1 N–H and O–H groups in total. The fourth-order valence-corrected chi connectivity index (χ4v) is 2.32. The Morgan fingerprint density at radius 3 is 2.11 bits per heavy atom. The third-order valence-electron chi connectivity index (χ3n) is 3.69. The SMILES string of the molecule is COc1ccc(C(=O)O[C@H](C)C(=O)Nc2ccc(F)cc2)c(OC)c1OC. The first-order valence-corrected chi connectivity index (χ1v) is 7.97. The van der Waals surface area contributed by atoms with Gasteiger partial charge in [-0.25, -0.2) is 9.18 Å². The lowest BCUT2D eigenvalue weighted by atomic mass is 10.1. The molecule has 0 fully saturated rings. The highest BCUT2D eigenvalue weighted by Crippen LogP contribution is 2.40. The van der Waals surface area contributed by atoms with Gasteiger partial charge in [0.05, 0.1) is 21.3 Å². The van der Waals surface area contributed by atoms with E-state index in [4.69, 9.17) is 18.9 Å². The minimum atomic E-state index is -1.10. The van der Waals surface area contributed by atoms with Crippen molar-refractivity contribution in [3.05, 3.63) is 47.8 Å². The van der Waals surface area contributed by atoms with Crippen molar-refractivity contribution >= 4 is 17.6 Å². The molecule has 7 nitrogen and oxygen atoms in total. The number of ether oxygens (including phenoxy) is 4. The number of anilines is 1. The summed E-state index contributed by atoms with van der Waals surface area (Å²) in [6, 6.07) is 8.20. The Morgan fingerprint density at radius 2 is 1.56 bits per heavy atom. The standard InChI is InChI=1S/C19H20FNO6/c1-11(18(22)21-13-7-5-12(20)6-8-13)27-19(23)14-9-10-15(24-2)17(26-4)16(14)25-3/h5-11H,1-4H3,(H,21,22)/t11-/m1/s1. The first-order valence-electron chi connectivity index (χ1n) is 7.97. The van der Waals surface area contributed by atoms with Crippen molar-refractivity contribution in [3.63, 3.8) is 0 Å². The van der Waals surface area contributed by atoms with E-state index in [9.17, 15) is 14.0 Å². The molecule has 0 aliphatic rings. The Balaban J connectivity index is 2.13. The summed E-state index contributed by atoms with van der Waals surface area (Å²) in [5, 5.41) is 2.54. The third kappa shape index (κ3) is 4.66. The largest absolute Gasteiger partial charge is 0.493 e. The summed E-state index contributed by atoms with van der Waals surface area (Å²) in [4.78, 5) is 24.7. The van der Waals surface area contributed by atoms with Gasteiger partial charge in [-0.2, -0.15) is 0 Å². The maximum Gasteiger partial charge on any atom is 0.342 e. The summed E-state index contributed by atoms with van der Waals surface area (Å²) in [7, 11) is 4.24. The smallest absolute Gasteiger partial charge is 0.342 e. The van der Waals surface area contributed by atoms with Crippen molar-refractivity contribution in [2.24, 2.45) is 0 Å². The van der Waals surface area contributed by atoms with Gasteiger partial charge < -0.3 is 24.3 Å². The fourth-order valence-electron chi connectivity index (χ4n) is 2.32. The number of carbonyl (C=O) groups is 2. The molecule has 144 valence electrons. The molecule has 0 radical (unpaired) electrons. The van der Waals surface area contributed by atoms with Gasteiger partial charge in [0.25, 0.3) is 5.91 Å². The van der Waals surface area contributed by atoms with Crippen LogP contribution < -0.4 is 19.5 Å². The van der Waals surface area contributed by atoms with Crippen LogP contribution in [0.1, 0.15) is 17.3 Å². The van der Waals surface area contributed by atoms with E-state index < -0.39 is 23.8 Å². The molecule has 0 spiro atoms. The number of esters is 1. The van der Waals surface area contributed by atoms with Crippen LogP contribution >= 0.6 is 0 Å². The first-order chi connectivity index (χ1) is 12.9. The van der Waals surface area contributed by atoms with Gasteiger partial charge >= 0.3 is 5.97 Å². The highest BCUT2D eigenvalue weighted by molar-refractivity contribution is 5.99. The van der Waals surface area contributed by atoms with E-state index >= 15 is 0 Å². The van der Waals surface area contributed by atoms with Crippen LogP contribution in [0.4, 0.5) is 10.1 Å². The molecule has 0 saturated heterocycles. The summed E-state index contributed by atoms with van der Waals surface area (Å²) in [5.41, 5.74) is 0.463. The zero-order chi connectivity index (χ0) is 20.0. The number of benzene rings is 2. The van der Waals surface area contributed by atoms with Gasteiger partial charge in [0, 0.05) is 5.69 Å². The van der Waals surface area contributed by atoms with Crippen molar-refractivity contribution in [2.45, 2.75) is 13.0 Å². The highest BCUT2D eigenvalue weighted by atomic mass is 19.1. The van der Waals surface area contributed by atoms with E-state index in [-0.39, 0.29) is 17.1 Å².